The molecule has 1 N–H and O–H groups in total. The second kappa shape index (κ2) is 7.59. The van der Waals surface area contributed by atoms with E-state index in [1.165, 1.54) is 5.32 Å². The van der Waals surface area contributed by atoms with Gasteiger partial charge in [-0.3, -0.25) is 20.2 Å². The molecule has 16 heteroatoms. The van der Waals surface area contributed by atoms with E-state index in [0.29, 0.717) is 0 Å². The minimum atomic E-state index is -5.49. The molecule has 2 rings (SSSR count). The lowest BCUT2D eigenvalue weighted by atomic mass is 10.1. The molecule has 0 aromatic heterocycles. The van der Waals surface area contributed by atoms with Crippen molar-refractivity contribution in [2.45, 2.75) is 18.5 Å². The Morgan fingerprint density at radius 3 is 1.52 bits per heavy atom. The molecule has 31 heavy (non-hydrogen) atoms. The van der Waals surface area contributed by atoms with Crippen molar-refractivity contribution in [2.24, 2.45) is 0 Å². The first-order valence-corrected chi connectivity index (χ1v) is 7.52. The van der Waals surface area contributed by atoms with Crippen molar-refractivity contribution in [3.05, 3.63) is 67.3 Å². The molecule has 0 unspecified atom stereocenters. The van der Waals surface area contributed by atoms with Crippen LogP contribution in [0.3, 0.4) is 0 Å². The van der Waals surface area contributed by atoms with Crippen molar-refractivity contribution in [2.75, 3.05) is 5.32 Å². The first-order valence-electron chi connectivity index (χ1n) is 7.52. The summed E-state index contributed by atoms with van der Waals surface area (Å²) in [6.45, 7) is 0. The molecule has 0 amide bonds. The Kier molecular flexibility index (Phi) is 5.80. The zero-order valence-corrected chi connectivity index (χ0v) is 14.3. The van der Waals surface area contributed by atoms with Gasteiger partial charge in [0.2, 0.25) is 0 Å². The highest BCUT2D eigenvalue weighted by Crippen LogP contribution is 2.45. The Hall–Kier alpha value is -3.59. The molecule has 2 aromatic rings. The number of halogens is 9. The van der Waals surface area contributed by atoms with Gasteiger partial charge in [-0.05, 0) is 18.2 Å². The second-order valence-electron chi connectivity index (χ2n) is 5.82. The maximum atomic E-state index is 13.3. The van der Waals surface area contributed by atoms with Gasteiger partial charge in [-0.15, -0.1) is 0 Å². The molecule has 7 nitrogen and oxygen atoms in total. The van der Waals surface area contributed by atoms with Gasteiger partial charge in [0.1, 0.15) is 5.69 Å². The van der Waals surface area contributed by atoms with Gasteiger partial charge in [-0.2, -0.15) is 39.5 Å². The third-order valence-corrected chi connectivity index (χ3v) is 3.67. The fourth-order valence-corrected chi connectivity index (χ4v) is 2.39. The van der Waals surface area contributed by atoms with Gasteiger partial charge in [0.15, 0.2) is 0 Å². The minimum Gasteiger partial charge on any atom is -0.349 e. The van der Waals surface area contributed by atoms with E-state index >= 15 is 0 Å². The Balaban J connectivity index is 2.81. The Bertz CT molecular complexity index is 1010. The van der Waals surface area contributed by atoms with Crippen LogP contribution in [0.5, 0.6) is 0 Å². The lowest BCUT2D eigenvalue weighted by Crippen LogP contribution is -2.14. The van der Waals surface area contributed by atoms with E-state index in [1.807, 2.05) is 0 Å². The molecule has 0 atom stereocenters. The van der Waals surface area contributed by atoms with Crippen LogP contribution in [-0.2, 0) is 18.5 Å². The van der Waals surface area contributed by atoms with Gasteiger partial charge < -0.3 is 5.32 Å². The van der Waals surface area contributed by atoms with Crippen molar-refractivity contribution < 1.29 is 49.4 Å². The third kappa shape index (κ3) is 5.32. The summed E-state index contributed by atoms with van der Waals surface area (Å²) >= 11 is 0. The quantitative estimate of drug-likeness (QED) is 0.326. The first-order chi connectivity index (χ1) is 13.9. The maximum absolute atomic E-state index is 13.3. The topological polar surface area (TPSA) is 98.3 Å². The maximum Gasteiger partial charge on any atom is 0.418 e. The molecule has 0 radical (unpaired) electrons. The van der Waals surface area contributed by atoms with Crippen LogP contribution in [0.1, 0.15) is 16.7 Å². The highest BCUT2D eigenvalue weighted by atomic mass is 19.4. The Morgan fingerprint density at radius 1 is 0.677 bits per heavy atom. The number of nitrogens with zero attached hydrogens (tertiary/aromatic N) is 2. The molecule has 0 heterocycles. The predicted octanol–water partition coefficient (Wildman–Crippen LogP) is 6.30. The van der Waals surface area contributed by atoms with Crippen LogP contribution in [-0.4, -0.2) is 9.85 Å². The van der Waals surface area contributed by atoms with E-state index in [2.05, 4.69) is 0 Å². The van der Waals surface area contributed by atoms with Crippen molar-refractivity contribution in [1.82, 2.24) is 0 Å². The monoisotopic (exact) mass is 463 g/mol. The zero-order chi connectivity index (χ0) is 23.9. The summed E-state index contributed by atoms with van der Waals surface area (Å²) in [5.74, 6) is 0. The zero-order valence-electron chi connectivity index (χ0n) is 14.3. The lowest BCUT2D eigenvalue weighted by molar-refractivity contribution is -0.394. The molecule has 168 valence electrons. The van der Waals surface area contributed by atoms with Crippen LogP contribution in [0.4, 0.5) is 62.3 Å². The average Bonchev–Trinajstić information content (AvgIpc) is 2.58. The van der Waals surface area contributed by atoms with Gasteiger partial charge in [0, 0.05) is 11.8 Å². The van der Waals surface area contributed by atoms with E-state index in [1.54, 1.807) is 0 Å². The average molecular weight is 463 g/mol. The van der Waals surface area contributed by atoms with Gasteiger partial charge in [0.25, 0.3) is 11.4 Å². The Morgan fingerprint density at radius 2 is 1.16 bits per heavy atom. The third-order valence-electron chi connectivity index (χ3n) is 3.67. The van der Waals surface area contributed by atoms with E-state index in [4.69, 9.17) is 0 Å². The summed E-state index contributed by atoms with van der Waals surface area (Å²) in [5.41, 5.74) is -11.6. The van der Waals surface area contributed by atoms with Crippen molar-refractivity contribution >= 4 is 22.7 Å². The van der Waals surface area contributed by atoms with Crippen LogP contribution >= 0.6 is 0 Å². The molecule has 0 aliphatic rings. The van der Waals surface area contributed by atoms with Crippen molar-refractivity contribution in [3.63, 3.8) is 0 Å². The molecule has 0 saturated carbocycles. The summed E-state index contributed by atoms with van der Waals surface area (Å²) in [6, 6.07) is -0.370. The van der Waals surface area contributed by atoms with E-state index in [-0.39, 0.29) is 30.3 Å². The number of nitro benzene ring substituents is 2. The number of hydrogen-bond donors (Lipinski definition) is 1. The lowest BCUT2D eigenvalue weighted by Gasteiger charge is -2.18. The fourth-order valence-electron chi connectivity index (χ4n) is 2.39. The number of hydrogen-bond acceptors (Lipinski definition) is 5. The summed E-state index contributed by atoms with van der Waals surface area (Å²) < 4.78 is 118. The molecule has 0 bridgehead atoms. The van der Waals surface area contributed by atoms with Crippen molar-refractivity contribution in [3.8, 4) is 0 Å². The Labute approximate surface area is 164 Å². The summed E-state index contributed by atoms with van der Waals surface area (Å²) in [5, 5.41) is 23.4. The van der Waals surface area contributed by atoms with Crippen molar-refractivity contribution in [1.29, 1.82) is 0 Å². The van der Waals surface area contributed by atoms with E-state index in [0.717, 1.165) is 0 Å². The minimum absolute atomic E-state index is 0.000528. The highest BCUT2D eigenvalue weighted by Gasteiger charge is 2.41. The smallest absolute Gasteiger partial charge is 0.349 e. The van der Waals surface area contributed by atoms with Crippen LogP contribution in [0.25, 0.3) is 0 Å². The van der Waals surface area contributed by atoms with Crippen LogP contribution < -0.4 is 5.32 Å². The highest BCUT2D eigenvalue weighted by molar-refractivity contribution is 5.76. The molecule has 0 fully saturated rings. The number of rotatable bonds is 4. The molecule has 0 aliphatic heterocycles. The summed E-state index contributed by atoms with van der Waals surface area (Å²) in [6.07, 6.45) is -16.2. The number of non-ortho nitro benzene ring substituents is 1. The van der Waals surface area contributed by atoms with E-state index < -0.39 is 67.8 Å². The molecule has 0 aliphatic carbocycles. The van der Waals surface area contributed by atoms with Gasteiger partial charge >= 0.3 is 18.5 Å². The second-order valence-corrected chi connectivity index (χ2v) is 5.82. The molecular formula is C15H6F9N3O4. The van der Waals surface area contributed by atoms with Gasteiger partial charge in [0.05, 0.1) is 32.6 Å². The number of nitro groups is 2. The number of alkyl halides is 9. The van der Waals surface area contributed by atoms with Crippen LogP contribution in [0.15, 0.2) is 30.3 Å². The number of benzene rings is 2. The molecule has 0 spiro atoms. The van der Waals surface area contributed by atoms with Crippen LogP contribution in [0, 0.1) is 20.2 Å². The largest absolute Gasteiger partial charge is 0.418 e. The summed E-state index contributed by atoms with van der Waals surface area (Å²) in [7, 11) is 0. The fraction of sp³-hybridized carbons (Fsp3) is 0.200. The van der Waals surface area contributed by atoms with Gasteiger partial charge in [-0.25, -0.2) is 0 Å². The van der Waals surface area contributed by atoms with Gasteiger partial charge in [-0.1, -0.05) is 0 Å². The summed E-state index contributed by atoms with van der Waals surface area (Å²) in [4.78, 5) is 19.0. The SMILES string of the molecule is O=[N+]([O-])c1cc([N+](=O)[O-])c(Nc2cc(C(F)(F)F)cc(C(F)(F)F)c2)c(C(F)(F)F)c1. The first kappa shape index (κ1) is 23.7. The standard InChI is InChI=1S/C15H6F9N3O4/c16-13(17,18)6-1-7(14(19,20)21)3-8(2-6)25-12-10(15(22,23)24)4-9(26(28)29)5-11(12)27(30)31/h1-5,25H. The number of nitrogens with one attached hydrogen (secondary N) is 1. The molecular weight excluding hydrogens is 457 g/mol. The molecule has 0 saturated heterocycles. The van der Waals surface area contributed by atoms with E-state index in [9.17, 15) is 59.7 Å². The predicted molar refractivity (Wildman–Crippen MR) is 84.5 cm³/mol. The number of anilines is 2. The molecule has 2 aromatic carbocycles. The van der Waals surface area contributed by atoms with Crippen LogP contribution in [0.2, 0.25) is 0 Å². The normalized spacial score (nSPS) is 12.5.